The van der Waals surface area contributed by atoms with Gasteiger partial charge in [-0.1, -0.05) is 28.1 Å². The van der Waals surface area contributed by atoms with E-state index in [1.807, 2.05) is 52.0 Å². The summed E-state index contributed by atoms with van der Waals surface area (Å²) in [5.41, 5.74) is 0.430. The smallest absolute Gasteiger partial charge is 0.407 e. The fraction of sp³-hybridized carbons (Fsp3) is 0.533. The summed E-state index contributed by atoms with van der Waals surface area (Å²) in [7, 11) is 0. The zero-order valence-electron chi connectivity index (χ0n) is 12.3. The van der Waals surface area contributed by atoms with E-state index in [0.717, 1.165) is 10.0 Å². The fourth-order valence-electron chi connectivity index (χ4n) is 1.88. The molecule has 1 unspecified atom stereocenters. The van der Waals surface area contributed by atoms with Crippen molar-refractivity contribution in [3.63, 3.8) is 0 Å². The molecule has 0 radical (unpaired) electrons. The molecule has 0 bridgehead atoms. The van der Waals surface area contributed by atoms with Crippen LogP contribution in [0.15, 0.2) is 28.7 Å². The Hall–Kier alpha value is -1.07. The number of aliphatic hydroxyl groups excluding tert-OH is 1. The van der Waals surface area contributed by atoms with Crippen LogP contribution < -0.4 is 5.32 Å². The minimum atomic E-state index is -0.533. The predicted octanol–water partition coefficient (Wildman–Crippen LogP) is 3.44. The van der Waals surface area contributed by atoms with Crippen LogP contribution in [0.25, 0.3) is 0 Å². The molecule has 0 aromatic heterocycles. The molecular weight excluding hydrogens is 322 g/mol. The van der Waals surface area contributed by atoms with Crippen molar-refractivity contribution in [3.8, 4) is 0 Å². The van der Waals surface area contributed by atoms with Crippen molar-refractivity contribution in [3.05, 3.63) is 34.3 Å². The zero-order chi connectivity index (χ0) is 15.3. The van der Waals surface area contributed by atoms with Crippen LogP contribution in [0, 0.1) is 0 Å². The molecule has 1 aromatic rings. The average molecular weight is 344 g/mol. The van der Waals surface area contributed by atoms with Gasteiger partial charge in [0.1, 0.15) is 5.60 Å². The number of hydrogen-bond acceptors (Lipinski definition) is 3. The number of amides is 1. The van der Waals surface area contributed by atoms with Crippen LogP contribution in [0.4, 0.5) is 4.79 Å². The number of nitrogens with one attached hydrogen (secondary N) is 1. The lowest BCUT2D eigenvalue weighted by Gasteiger charge is -2.26. The highest BCUT2D eigenvalue weighted by Gasteiger charge is 2.23. The van der Waals surface area contributed by atoms with E-state index in [1.54, 1.807) is 0 Å². The number of carbonyl (C=O) groups excluding carboxylic acids is 1. The number of benzene rings is 1. The first-order valence-electron chi connectivity index (χ1n) is 6.59. The van der Waals surface area contributed by atoms with Crippen molar-refractivity contribution in [1.82, 2.24) is 5.32 Å². The highest BCUT2D eigenvalue weighted by Crippen LogP contribution is 2.23. The molecule has 112 valence electrons. The number of hydrogen-bond donors (Lipinski definition) is 2. The molecule has 1 rings (SSSR count). The molecule has 4 nitrogen and oxygen atoms in total. The quantitative estimate of drug-likeness (QED) is 0.880. The summed E-state index contributed by atoms with van der Waals surface area (Å²) in [6, 6.07) is 7.46. The lowest BCUT2D eigenvalue weighted by atomic mass is 9.93. The Morgan fingerprint density at radius 3 is 2.60 bits per heavy atom. The molecule has 0 saturated carbocycles. The van der Waals surface area contributed by atoms with Crippen LogP contribution in [-0.4, -0.2) is 29.4 Å². The van der Waals surface area contributed by atoms with Crippen LogP contribution >= 0.6 is 15.9 Å². The molecule has 0 aliphatic heterocycles. The molecule has 0 saturated heterocycles. The summed E-state index contributed by atoms with van der Waals surface area (Å²) in [5, 5.41) is 12.3. The summed E-state index contributed by atoms with van der Waals surface area (Å²) in [4.78, 5) is 11.8. The topological polar surface area (TPSA) is 58.6 Å². The van der Waals surface area contributed by atoms with Gasteiger partial charge in [0, 0.05) is 16.4 Å². The van der Waals surface area contributed by atoms with E-state index in [9.17, 15) is 9.90 Å². The highest BCUT2D eigenvalue weighted by molar-refractivity contribution is 9.10. The summed E-state index contributed by atoms with van der Waals surface area (Å²) in [6.45, 7) is 7.25. The average Bonchev–Trinajstić information content (AvgIpc) is 2.26. The molecular formula is C15H22BrNO3. The maximum atomic E-state index is 11.8. The number of aliphatic hydroxyl groups is 1. The molecule has 5 heteroatoms. The standard InChI is InChI=1S/C15H22BrNO3/c1-10(17-14(19)20-15(2,3)4)13(9-18)11-6-5-7-12(16)8-11/h5-8,10,13,18H,9H2,1-4H3,(H,17,19)/t10?,13-/m1/s1. The van der Waals surface area contributed by atoms with Gasteiger partial charge in [0.15, 0.2) is 0 Å². The van der Waals surface area contributed by atoms with Crippen molar-refractivity contribution in [1.29, 1.82) is 0 Å². The Balaban J connectivity index is 2.73. The van der Waals surface area contributed by atoms with E-state index in [1.165, 1.54) is 0 Å². The van der Waals surface area contributed by atoms with E-state index in [-0.39, 0.29) is 18.6 Å². The number of halogens is 1. The van der Waals surface area contributed by atoms with Crippen LogP contribution in [0.3, 0.4) is 0 Å². The molecule has 2 atom stereocenters. The zero-order valence-corrected chi connectivity index (χ0v) is 13.9. The van der Waals surface area contributed by atoms with E-state index >= 15 is 0 Å². The largest absolute Gasteiger partial charge is 0.444 e. The Morgan fingerprint density at radius 1 is 1.45 bits per heavy atom. The van der Waals surface area contributed by atoms with Gasteiger partial charge in [0.2, 0.25) is 0 Å². The first kappa shape index (κ1) is 17.0. The third-order valence-corrected chi connectivity index (χ3v) is 3.31. The molecule has 0 aliphatic rings. The number of rotatable bonds is 4. The van der Waals surface area contributed by atoms with Gasteiger partial charge < -0.3 is 15.2 Å². The second-order valence-corrected chi connectivity index (χ2v) is 6.69. The minimum absolute atomic E-state index is 0.0482. The van der Waals surface area contributed by atoms with Gasteiger partial charge in [-0.15, -0.1) is 0 Å². The maximum Gasteiger partial charge on any atom is 0.407 e. The van der Waals surface area contributed by atoms with Crippen LogP contribution in [0.2, 0.25) is 0 Å². The van der Waals surface area contributed by atoms with E-state index in [4.69, 9.17) is 4.74 Å². The van der Waals surface area contributed by atoms with Gasteiger partial charge in [0.25, 0.3) is 0 Å². The number of alkyl carbamates (subject to hydrolysis) is 1. The van der Waals surface area contributed by atoms with Gasteiger partial charge in [-0.25, -0.2) is 4.79 Å². The van der Waals surface area contributed by atoms with E-state index in [2.05, 4.69) is 21.2 Å². The molecule has 0 heterocycles. The Bertz CT molecular complexity index is 457. The minimum Gasteiger partial charge on any atom is -0.444 e. The number of carbonyl (C=O) groups is 1. The lowest BCUT2D eigenvalue weighted by Crippen LogP contribution is -2.41. The van der Waals surface area contributed by atoms with E-state index in [0.29, 0.717) is 0 Å². The van der Waals surface area contributed by atoms with Gasteiger partial charge in [-0.05, 0) is 45.4 Å². The third-order valence-electron chi connectivity index (χ3n) is 2.82. The fourth-order valence-corrected chi connectivity index (χ4v) is 2.30. The maximum absolute atomic E-state index is 11.8. The third kappa shape index (κ3) is 5.51. The normalized spacial score (nSPS) is 14.5. The van der Waals surface area contributed by atoms with Crippen molar-refractivity contribution in [2.24, 2.45) is 0 Å². The van der Waals surface area contributed by atoms with Gasteiger partial charge in [-0.3, -0.25) is 0 Å². The van der Waals surface area contributed by atoms with Gasteiger partial charge in [0.05, 0.1) is 6.61 Å². The monoisotopic (exact) mass is 343 g/mol. The summed E-state index contributed by atoms with van der Waals surface area (Å²) >= 11 is 3.41. The van der Waals surface area contributed by atoms with Gasteiger partial charge in [-0.2, -0.15) is 0 Å². The lowest BCUT2D eigenvalue weighted by molar-refractivity contribution is 0.0495. The Labute approximate surface area is 128 Å². The van der Waals surface area contributed by atoms with Crippen LogP contribution in [0.5, 0.6) is 0 Å². The van der Waals surface area contributed by atoms with Crippen molar-refractivity contribution < 1.29 is 14.6 Å². The SMILES string of the molecule is CC(NC(=O)OC(C)(C)C)[C@@H](CO)c1cccc(Br)c1. The second kappa shape index (κ2) is 7.09. The van der Waals surface area contributed by atoms with Crippen molar-refractivity contribution in [2.75, 3.05) is 6.61 Å². The van der Waals surface area contributed by atoms with E-state index < -0.39 is 11.7 Å². The Morgan fingerprint density at radius 2 is 2.10 bits per heavy atom. The summed E-state index contributed by atoms with van der Waals surface area (Å²) in [5.74, 6) is -0.181. The molecule has 0 aliphatic carbocycles. The number of ether oxygens (including phenoxy) is 1. The second-order valence-electron chi connectivity index (χ2n) is 5.78. The highest BCUT2D eigenvalue weighted by atomic mass is 79.9. The molecule has 1 aromatic carbocycles. The summed E-state index contributed by atoms with van der Waals surface area (Å²) < 4.78 is 6.16. The van der Waals surface area contributed by atoms with Crippen LogP contribution in [0.1, 0.15) is 39.2 Å². The molecule has 0 fully saturated rings. The first-order valence-corrected chi connectivity index (χ1v) is 7.38. The van der Waals surface area contributed by atoms with Crippen molar-refractivity contribution in [2.45, 2.75) is 45.3 Å². The molecule has 0 spiro atoms. The molecule has 20 heavy (non-hydrogen) atoms. The van der Waals surface area contributed by atoms with Gasteiger partial charge >= 0.3 is 6.09 Å². The van der Waals surface area contributed by atoms with Crippen LogP contribution in [-0.2, 0) is 4.74 Å². The van der Waals surface area contributed by atoms with Crippen molar-refractivity contribution >= 4 is 22.0 Å². The summed E-state index contributed by atoms with van der Waals surface area (Å²) in [6.07, 6.45) is -0.474. The molecule has 2 N–H and O–H groups in total. The first-order chi connectivity index (χ1) is 9.23. The predicted molar refractivity (Wildman–Crippen MR) is 82.8 cm³/mol. The molecule has 1 amide bonds. The Kier molecular flexibility index (Phi) is 6.02.